The van der Waals surface area contributed by atoms with Gasteiger partial charge in [0, 0.05) is 41.5 Å². The molecule has 0 radical (unpaired) electrons. The highest BCUT2D eigenvalue weighted by atomic mass is 19.3. The molecule has 176 valence electrons. The number of aryl methyl sites for hydroxylation is 2. The molecule has 3 aromatic heterocycles. The minimum absolute atomic E-state index is 0.132. The summed E-state index contributed by atoms with van der Waals surface area (Å²) < 4.78 is 29.9. The first kappa shape index (κ1) is 23.2. The highest BCUT2D eigenvalue weighted by molar-refractivity contribution is 6.06. The first-order chi connectivity index (χ1) is 16.2. The molecule has 0 spiro atoms. The van der Waals surface area contributed by atoms with Gasteiger partial charge in [0.25, 0.3) is 18.2 Å². The second-order valence-corrected chi connectivity index (χ2v) is 8.09. The second kappa shape index (κ2) is 9.50. The second-order valence-electron chi connectivity index (χ2n) is 8.09. The highest BCUT2D eigenvalue weighted by Gasteiger charge is 2.34. The molecule has 0 bridgehead atoms. The molecule has 4 rings (SSSR count). The van der Waals surface area contributed by atoms with Crippen LogP contribution in [0.2, 0.25) is 0 Å². The maximum atomic E-state index is 13.1. The predicted octanol–water partition coefficient (Wildman–Crippen LogP) is 4.10. The van der Waals surface area contributed by atoms with E-state index < -0.39 is 13.0 Å². The summed E-state index contributed by atoms with van der Waals surface area (Å²) in [5.41, 5.74) is 3.65. The van der Waals surface area contributed by atoms with Gasteiger partial charge in [-0.05, 0) is 50.1 Å². The van der Waals surface area contributed by atoms with Crippen LogP contribution in [-0.2, 0) is 6.54 Å². The summed E-state index contributed by atoms with van der Waals surface area (Å²) in [5.74, 6) is -0.118. The van der Waals surface area contributed by atoms with Crippen LogP contribution in [-0.4, -0.2) is 44.7 Å². The van der Waals surface area contributed by atoms with Crippen molar-refractivity contribution in [1.29, 1.82) is 0 Å². The first-order valence-corrected chi connectivity index (χ1v) is 10.6. The SMILES string of the molecule is Cc1cncc(C(=O)Nc2nccc3c2CN(C(C)c2cnc(OCC(F)F)c(C)c2)C3=O)c1. The lowest BCUT2D eigenvalue weighted by Crippen LogP contribution is -2.27. The summed E-state index contributed by atoms with van der Waals surface area (Å²) >= 11 is 0. The van der Waals surface area contributed by atoms with Crippen LogP contribution in [0.25, 0.3) is 0 Å². The fraction of sp³-hybridized carbons (Fsp3) is 0.292. The van der Waals surface area contributed by atoms with Gasteiger partial charge >= 0.3 is 0 Å². The van der Waals surface area contributed by atoms with Gasteiger partial charge in [-0.15, -0.1) is 0 Å². The lowest BCUT2D eigenvalue weighted by molar-refractivity contribution is 0.0713. The number of rotatable bonds is 7. The van der Waals surface area contributed by atoms with Crippen molar-refractivity contribution >= 4 is 17.6 Å². The average molecular weight is 467 g/mol. The Morgan fingerprint density at radius 1 is 1.21 bits per heavy atom. The average Bonchev–Trinajstić information content (AvgIpc) is 3.15. The lowest BCUT2D eigenvalue weighted by Gasteiger charge is -2.25. The van der Waals surface area contributed by atoms with E-state index in [1.807, 2.05) is 13.8 Å². The third-order valence-electron chi connectivity index (χ3n) is 5.59. The van der Waals surface area contributed by atoms with E-state index in [0.29, 0.717) is 28.1 Å². The van der Waals surface area contributed by atoms with Gasteiger partial charge in [-0.25, -0.2) is 18.7 Å². The van der Waals surface area contributed by atoms with E-state index in [0.717, 1.165) is 11.1 Å². The number of fused-ring (bicyclic) bond motifs is 1. The van der Waals surface area contributed by atoms with Crippen molar-refractivity contribution in [3.05, 3.63) is 76.4 Å². The molecule has 1 unspecified atom stereocenters. The monoisotopic (exact) mass is 467 g/mol. The van der Waals surface area contributed by atoms with E-state index in [2.05, 4.69) is 20.3 Å². The Labute approximate surface area is 195 Å². The third kappa shape index (κ3) is 4.70. The minimum Gasteiger partial charge on any atom is -0.471 e. The fourth-order valence-electron chi connectivity index (χ4n) is 3.81. The van der Waals surface area contributed by atoms with Crippen LogP contribution in [0.5, 0.6) is 5.88 Å². The Morgan fingerprint density at radius 3 is 2.71 bits per heavy atom. The number of pyridine rings is 3. The topological polar surface area (TPSA) is 97.3 Å². The molecule has 1 atom stereocenters. The number of carbonyl (C=O) groups excluding carboxylic acids is 2. The Bertz CT molecular complexity index is 1250. The van der Waals surface area contributed by atoms with Crippen LogP contribution in [0, 0.1) is 13.8 Å². The molecule has 0 saturated heterocycles. The number of alkyl halides is 2. The van der Waals surface area contributed by atoms with Gasteiger partial charge in [-0.1, -0.05) is 0 Å². The minimum atomic E-state index is -2.59. The predicted molar refractivity (Wildman–Crippen MR) is 120 cm³/mol. The molecular formula is C24H23F2N5O3. The molecule has 2 amide bonds. The van der Waals surface area contributed by atoms with Crippen LogP contribution >= 0.6 is 0 Å². The van der Waals surface area contributed by atoms with Gasteiger partial charge in [0.2, 0.25) is 5.88 Å². The zero-order chi connectivity index (χ0) is 24.4. The zero-order valence-electron chi connectivity index (χ0n) is 18.9. The summed E-state index contributed by atoms with van der Waals surface area (Å²) in [5, 5.41) is 2.79. The number of hydrogen-bond donors (Lipinski definition) is 1. The Hall–Kier alpha value is -3.95. The van der Waals surface area contributed by atoms with Gasteiger partial charge in [-0.3, -0.25) is 14.6 Å². The van der Waals surface area contributed by atoms with Crippen molar-refractivity contribution in [2.75, 3.05) is 11.9 Å². The summed E-state index contributed by atoms with van der Waals surface area (Å²) in [6.07, 6.45) is 3.53. The van der Waals surface area contributed by atoms with E-state index in [1.165, 1.54) is 18.6 Å². The van der Waals surface area contributed by atoms with Gasteiger partial charge < -0.3 is 15.0 Å². The van der Waals surface area contributed by atoms with E-state index >= 15 is 0 Å². The number of nitrogens with one attached hydrogen (secondary N) is 1. The molecule has 0 aromatic carbocycles. The number of anilines is 1. The quantitative estimate of drug-likeness (QED) is 0.562. The number of carbonyl (C=O) groups is 2. The van der Waals surface area contributed by atoms with Crippen LogP contribution < -0.4 is 10.1 Å². The van der Waals surface area contributed by atoms with Crippen molar-refractivity contribution in [3.8, 4) is 5.88 Å². The highest BCUT2D eigenvalue weighted by Crippen LogP contribution is 2.34. The fourth-order valence-corrected chi connectivity index (χ4v) is 3.81. The van der Waals surface area contributed by atoms with Crippen molar-refractivity contribution < 1.29 is 23.1 Å². The number of amides is 2. The van der Waals surface area contributed by atoms with Crippen LogP contribution in [0.3, 0.4) is 0 Å². The summed E-state index contributed by atoms with van der Waals surface area (Å²) in [6.45, 7) is 4.91. The van der Waals surface area contributed by atoms with E-state index in [4.69, 9.17) is 4.74 Å². The molecule has 1 aliphatic heterocycles. The maximum Gasteiger partial charge on any atom is 0.272 e. The number of hydrogen-bond acceptors (Lipinski definition) is 6. The maximum absolute atomic E-state index is 13.1. The van der Waals surface area contributed by atoms with Gasteiger partial charge in [0.05, 0.1) is 18.2 Å². The van der Waals surface area contributed by atoms with E-state index in [9.17, 15) is 18.4 Å². The van der Waals surface area contributed by atoms with Crippen LogP contribution in [0.15, 0.2) is 43.0 Å². The summed E-state index contributed by atoms with van der Waals surface area (Å²) in [6, 6.07) is 4.74. The number of ether oxygens (including phenoxy) is 1. The molecule has 8 nitrogen and oxygen atoms in total. The normalized spacial score (nSPS) is 13.7. The standard InChI is InChI=1S/C24H23F2N5O3/c1-13-6-17(9-27-8-13)22(32)30-21-19-11-31(24(33)18(19)4-5-28-21)15(3)16-7-14(2)23(29-10-16)34-12-20(25)26/h4-10,15,20H,11-12H2,1-3H3,(H,28,30,32). The van der Waals surface area contributed by atoms with Crippen molar-refractivity contribution in [1.82, 2.24) is 19.9 Å². The molecule has 34 heavy (non-hydrogen) atoms. The number of halogens is 2. The van der Waals surface area contributed by atoms with Gasteiger partial charge in [0.15, 0.2) is 6.61 Å². The molecule has 4 heterocycles. The number of nitrogens with zero attached hydrogens (tertiary/aromatic N) is 4. The van der Waals surface area contributed by atoms with E-state index in [1.54, 1.807) is 36.2 Å². The first-order valence-electron chi connectivity index (χ1n) is 10.6. The largest absolute Gasteiger partial charge is 0.471 e. The molecular weight excluding hydrogens is 444 g/mol. The third-order valence-corrected chi connectivity index (χ3v) is 5.59. The Balaban J connectivity index is 1.53. The Kier molecular flexibility index (Phi) is 6.49. The molecule has 1 aliphatic rings. The number of aromatic nitrogens is 3. The van der Waals surface area contributed by atoms with Gasteiger partial charge in [0.1, 0.15) is 5.82 Å². The van der Waals surface area contributed by atoms with Gasteiger partial charge in [-0.2, -0.15) is 0 Å². The van der Waals surface area contributed by atoms with Crippen molar-refractivity contribution in [2.45, 2.75) is 39.8 Å². The Morgan fingerprint density at radius 2 is 2.00 bits per heavy atom. The van der Waals surface area contributed by atoms with Crippen LogP contribution in [0.1, 0.15) is 55.9 Å². The van der Waals surface area contributed by atoms with E-state index in [-0.39, 0.29) is 30.3 Å². The van der Waals surface area contributed by atoms with Crippen molar-refractivity contribution in [3.63, 3.8) is 0 Å². The molecule has 10 heteroatoms. The molecule has 0 fully saturated rings. The summed E-state index contributed by atoms with van der Waals surface area (Å²) in [4.78, 5) is 39.9. The van der Waals surface area contributed by atoms with Crippen LogP contribution in [0.4, 0.5) is 14.6 Å². The zero-order valence-corrected chi connectivity index (χ0v) is 18.9. The smallest absolute Gasteiger partial charge is 0.272 e. The molecule has 1 N–H and O–H groups in total. The molecule has 0 aliphatic carbocycles. The lowest BCUT2D eigenvalue weighted by atomic mass is 10.1. The molecule has 0 saturated carbocycles. The molecule has 3 aromatic rings. The summed E-state index contributed by atoms with van der Waals surface area (Å²) in [7, 11) is 0. The van der Waals surface area contributed by atoms with Crippen molar-refractivity contribution in [2.24, 2.45) is 0 Å².